The summed E-state index contributed by atoms with van der Waals surface area (Å²) in [7, 11) is 0. The van der Waals surface area contributed by atoms with Crippen LogP contribution in [0.2, 0.25) is 0 Å². The lowest BCUT2D eigenvalue weighted by atomic mass is 10.0. The zero-order chi connectivity index (χ0) is 10.6. The fourth-order valence-electron chi connectivity index (χ4n) is 1.94. The number of hydrogen-bond donors (Lipinski definition) is 1. The minimum Gasteiger partial charge on any atom is -0.353 e. The van der Waals surface area contributed by atoms with Crippen molar-refractivity contribution in [2.75, 3.05) is 13.1 Å². The van der Waals surface area contributed by atoms with Crippen molar-refractivity contribution in [1.29, 1.82) is 0 Å². The van der Waals surface area contributed by atoms with Gasteiger partial charge in [-0.05, 0) is 40.2 Å². The minimum atomic E-state index is 0.161. The van der Waals surface area contributed by atoms with Gasteiger partial charge in [0, 0.05) is 12.1 Å². The molecule has 14 heavy (non-hydrogen) atoms. The first kappa shape index (κ1) is 11.5. The predicted molar refractivity (Wildman–Crippen MR) is 58.2 cm³/mol. The average Bonchev–Trinajstić information content (AvgIpc) is 2.07. The van der Waals surface area contributed by atoms with E-state index in [1.54, 1.807) is 0 Å². The van der Waals surface area contributed by atoms with Crippen molar-refractivity contribution in [3.8, 4) is 0 Å². The Morgan fingerprint density at radius 2 is 2.21 bits per heavy atom. The van der Waals surface area contributed by atoms with Gasteiger partial charge in [0.15, 0.2) is 0 Å². The first-order chi connectivity index (χ1) is 6.59. The van der Waals surface area contributed by atoms with Crippen LogP contribution in [0.15, 0.2) is 0 Å². The van der Waals surface area contributed by atoms with E-state index in [2.05, 4.69) is 17.1 Å². The van der Waals surface area contributed by atoms with Crippen molar-refractivity contribution >= 4 is 5.91 Å². The lowest BCUT2D eigenvalue weighted by molar-refractivity contribution is -0.123. The Morgan fingerprint density at radius 3 is 2.79 bits per heavy atom. The number of nitrogens with zero attached hydrogens (tertiary/aromatic N) is 1. The molecule has 0 aromatic rings. The number of carbonyl (C=O) groups is 1. The fourth-order valence-corrected chi connectivity index (χ4v) is 1.94. The van der Waals surface area contributed by atoms with Crippen LogP contribution in [0.4, 0.5) is 0 Å². The first-order valence-corrected chi connectivity index (χ1v) is 5.63. The van der Waals surface area contributed by atoms with Crippen LogP contribution in [0.25, 0.3) is 0 Å². The lowest BCUT2D eigenvalue weighted by Crippen LogP contribution is -2.45. The van der Waals surface area contributed by atoms with Crippen molar-refractivity contribution in [1.82, 2.24) is 10.2 Å². The van der Waals surface area contributed by atoms with E-state index in [0.29, 0.717) is 12.6 Å². The molecule has 1 aliphatic heterocycles. The Bertz CT molecular complexity index is 192. The summed E-state index contributed by atoms with van der Waals surface area (Å²) in [5.74, 6) is 0.161. The van der Waals surface area contributed by atoms with Crippen LogP contribution >= 0.6 is 0 Å². The van der Waals surface area contributed by atoms with Gasteiger partial charge >= 0.3 is 0 Å². The summed E-state index contributed by atoms with van der Waals surface area (Å²) in [5.41, 5.74) is 0. The van der Waals surface area contributed by atoms with Crippen LogP contribution in [-0.2, 0) is 4.79 Å². The average molecular weight is 198 g/mol. The topological polar surface area (TPSA) is 32.3 Å². The van der Waals surface area contributed by atoms with Gasteiger partial charge in [0.1, 0.15) is 0 Å². The molecule has 0 spiro atoms. The molecule has 1 rings (SSSR count). The fraction of sp³-hybridized carbons (Fsp3) is 0.909. The molecule has 0 radical (unpaired) electrons. The lowest BCUT2D eigenvalue weighted by Gasteiger charge is -2.32. The molecule has 1 fully saturated rings. The molecule has 0 saturated carbocycles. The zero-order valence-electron chi connectivity index (χ0n) is 9.55. The third kappa shape index (κ3) is 3.66. The number of carbonyl (C=O) groups excluding carboxylic acids is 1. The number of amides is 1. The summed E-state index contributed by atoms with van der Waals surface area (Å²) in [6.45, 7) is 7.85. The van der Waals surface area contributed by atoms with E-state index in [-0.39, 0.29) is 11.9 Å². The van der Waals surface area contributed by atoms with Gasteiger partial charge in [0.2, 0.25) is 5.91 Å². The van der Waals surface area contributed by atoms with Gasteiger partial charge in [-0.15, -0.1) is 0 Å². The molecule has 1 atom stereocenters. The Balaban J connectivity index is 2.31. The Labute approximate surface area is 86.9 Å². The second-order valence-corrected chi connectivity index (χ2v) is 4.54. The highest BCUT2D eigenvalue weighted by Gasteiger charge is 2.20. The molecule has 1 unspecified atom stereocenters. The maximum absolute atomic E-state index is 11.5. The number of piperidine rings is 1. The molecular weight excluding hydrogens is 176 g/mol. The molecule has 0 aliphatic carbocycles. The third-order valence-corrected chi connectivity index (χ3v) is 2.74. The largest absolute Gasteiger partial charge is 0.353 e. The smallest absolute Gasteiger partial charge is 0.234 e. The molecule has 1 N–H and O–H groups in total. The van der Waals surface area contributed by atoms with Crippen LogP contribution in [0.3, 0.4) is 0 Å². The van der Waals surface area contributed by atoms with E-state index in [9.17, 15) is 4.79 Å². The highest BCUT2D eigenvalue weighted by atomic mass is 16.2. The molecule has 1 saturated heterocycles. The highest BCUT2D eigenvalue weighted by molar-refractivity contribution is 5.78. The quantitative estimate of drug-likeness (QED) is 0.743. The number of likely N-dealkylation sites (tertiary alicyclic amines) is 1. The molecule has 1 heterocycles. The van der Waals surface area contributed by atoms with Crippen LogP contribution in [0.5, 0.6) is 0 Å². The molecule has 0 aromatic heterocycles. The third-order valence-electron chi connectivity index (χ3n) is 2.74. The van der Waals surface area contributed by atoms with Gasteiger partial charge in [-0.3, -0.25) is 9.69 Å². The number of nitrogens with one attached hydrogen (secondary N) is 1. The Hall–Kier alpha value is -0.570. The minimum absolute atomic E-state index is 0.161. The molecule has 0 bridgehead atoms. The molecule has 1 aliphatic rings. The van der Waals surface area contributed by atoms with E-state index in [4.69, 9.17) is 0 Å². The summed E-state index contributed by atoms with van der Waals surface area (Å²) >= 11 is 0. The monoisotopic (exact) mass is 198 g/mol. The van der Waals surface area contributed by atoms with Crippen molar-refractivity contribution < 1.29 is 4.79 Å². The van der Waals surface area contributed by atoms with Crippen LogP contribution in [0.1, 0.15) is 40.0 Å². The number of hydrogen-bond acceptors (Lipinski definition) is 2. The Kier molecular flexibility index (Phi) is 4.39. The second kappa shape index (κ2) is 5.35. The van der Waals surface area contributed by atoms with Gasteiger partial charge in [0.25, 0.3) is 0 Å². The van der Waals surface area contributed by atoms with Crippen molar-refractivity contribution in [3.63, 3.8) is 0 Å². The van der Waals surface area contributed by atoms with Crippen molar-refractivity contribution in [2.45, 2.75) is 52.1 Å². The summed E-state index contributed by atoms with van der Waals surface area (Å²) < 4.78 is 0. The maximum atomic E-state index is 11.5. The van der Waals surface area contributed by atoms with Gasteiger partial charge in [-0.1, -0.05) is 6.42 Å². The van der Waals surface area contributed by atoms with Crippen LogP contribution < -0.4 is 5.32 Å². The summed E-state index contributed by atoms with van der Waals surface area (Å²) in [4.78, 5) is 13.8. The molecule has 1 amide bonds. The van der Waals surface area contributed by atoms with Gasteiger partial charge < -0.3 is 5.32 Å². The van der Waals surface area contributed by atoms with E-state index >= 15 is 0 Å². The van der Waals surface area contributed by atoms with Crippen LogP contribution in [0, 0.1) is 0 Å². The first-order valence-electron chi connectivity index (χ1n) is 5.63. The van der Waals surface area contributed by atoms with E-state index in [1.165, 1.54) is 19.3 Å². The van der Waals surface area contributed by atoms with Crippen LogP contribution in [-0.4, -0.2) is 36.0 Å². The zero-order valence-corrected chi connectivity index (χ0v) is 9.55. The molecule has 3 nitrogen and oxygen atoms in total. The van der Waals surface area contributed by atoms with E-state index in [1.807, 2.05) is 13.8 Å². The van der Waals surface area contributed by atoms with Crippen molar-refractivity contribution in [3.05, 3.63) is 0 Å². The molecule has 3 heteroatoms. The van der Waals surface area contributed by atoms with Crippen molar-refractivity contribution in [2.24, 2.45) is 0 Å². The summed E-state index contributed by atoms with van der Waals surface area (Å²) in [6, 6.07) is 0.823. The number of rotatable bonds is 3. The Morgan fingerprint density at radius 1 is 1.50 bits per heavy atom. The standard InChI is InChI=1S/C11H22N2O/c1-9(2)12-11(14)8-13-7-5-4-6-10(13)3/h9-10H,4-8H2,1-3H3,(H,12,14). The van der Waals surface area contributed by atoms with E-state index < -0.39 is 0 Å². The van der Waals surface area contributed by atoms with Gasteiger partial charge in [-0.25, -0.2) is 0 Å². The predicted octanol–water partition coefficient (Wildman–Crippen LogP) is 1.39. The van der Waals surface area contributed by atoms with Gasteiger partial charge in [0.05, 0.1) is 6.54 Å². The summed E-state index contributed by atoms with van der Waals surface area (Å²) in [5, 5.41) is 2.93. The SMILES string of the molecule is CC(C)NC(=O)CN1CCCCC1C. The van der Waals surface area contributed by atoms with Gasteiger partial charge in [-0.2, -0.15) is 0 Å². The normalized spacial score (nSPS) is 23.9. The maximum Gasteiger partial charge on any atom is 0.234 e. The summed E-state index contributed by atoms with van der Waals surface area (Å²) in [6.07, 6.45) is 3.78. The second-order valence-electron chi connectivity index (χ2n) is 4.54. The highest BCUT2D eigenvalue weighted by Crippen LogP contribution is 2.15. The molecular formula is C11H22N2O. The van der Waals surface area contributed by atoms with E-state index in [0.717, 1.165) is 6.54 Å². The molecule has 82 valence electrons. The molecule has 0 aromatic carbocycles.